The number of allylic oxidation sites excluding steroid dienone is 2. The molecule has 3 rings (SSSR count). The minimum atomic E-state index is -0.394. The number of benzene rings is 1. The van der Waals surface area contributed by atoms with E-state index in [1.54, 1.807) is 6.20 Å². The maximum absolute atomic E-state index is 12.3. The molecule has 8 nitrogen and oxygen atoms in total. The monoisotopic (exact) mass is 571 g/mol. The minimum absolute atomic E-state index is 0.394. The van der Waals surface area contributed by atoms with Crippen molar-refractivity contribution in [3.05, 3.63) is 82.1 Å². The van der Waals surface area contributed by atoms with Gasteiger partial charge in [0.1, 0.15) is 0 Å². The van der Waals surface area contributed by atoms with Gasteiger partial charge in [0, 0.05) is 53.9 Å². The van der Waals surface area contributed by atoms with E-state index >= 15 is 0 Å². The van der Waals surface area contributed by atoms with Crippen LogP contribution in [0.25, 0.3) is 0 Å². The first-order valence-corrected chi connectivity index (χ1v) is 13.3. The van der Waals surface area contributed by atoms with E-state index in [1.807, 2.05) is 53.5 Å². The molecule has 0 radical (unpaired) electrons. The highest BCUT2D eigenvalue weighted by Gasteiger charge is 2.29. The molecule has 200 valence electrons. The summed E-state index contributed by atoms with van der Waals surface area (Å²) in [5.41, 5.74) is 14.1. The van der Waals surface area contributed by atoms with Gasteiger partial charge in [-0.1, -0.05) is 42.4 Å². The Kier molecular flexibility index (Phi) is 10.3. The zero-order chi connectivity index (χ0) is 26.9. The third-order valence-corrected chi connectivity index (χ3v) is 6.73. The lowest BCUT2D eigenvalue weighted by molar-refractivity contribution is -0.135. The van der Waals surface area contributed by atoms with Gasteiger partial charge < -0.3 is 25.4 Å². The molecule has 1 aromatic rings. The second-order valence-electron chi connectivity index (χ2n) is 9.17. The average molecular weight is 573 g/mol. The normalized spacial score (nSPS) is 16.7. The van der Waals surface area contributed by atoms with Gasteiger partial charge in [-0.05, 0) is 49.5 Å². The molecule has 0 saturated carbocycles. The van der Waals surface area contributed by atoms with Crippen molar-refractivity contribution in [1.29, 1.82) is 0 Å². The number of esters is 1. The lowest BCUT2D eigenvalue weighted by Gasteiger charge is -2.27. The summed E-state index contributed by atoms with van der Waals surface area (Å²) < 4.78 is 12.2. The molecule has 0 bridgehead atoms. The zero-order valence-electron chi connectivity index (χ0n) is 22.1. The molecule has 0 aromatic heterocycles. The fourth-order valence-corrected chi connectivity index (χ4v) is 4.46. The maximum atomic E-state index is 12.3. The fraction of sp³-hybridized carbons (Fsp3) is 0.393. The number of nitrogens with zero attached hydrogens (tertiary/aromatic N) is 2. The predicted molar refractivity (Wildman–Crippen MR) is 153 cm³/mol. The van der Waals surface area contributed by atoms with Crippen LogP contribution in [0.5, 0.6) is 0 Å². The number of halogens is 1. The second kappa shape index (κ2) is 13.4. The third kappa shape index (κ3) is 7.42. The molecule has 4 N–H and O–H groups in total. The molecular weight excluding hydrogens is 534 g/mol. The van der Waals surface area contributed by atoms with Gasteiger partial charge in [0.2, 0.25) is 5.88 Å². The predicted octanol–water partition coefficient (Wildman–Crippen LogP) is 5.27. The summed E-state index contributed by atoms with van der Waals surface area (Å²) in [5.74, 6) is 0.794. The van der Waals surface area contributed by atoms with Crippen LogP contribution in [0.15, 0.2) is 82.1 Å². The summed E-state index contributed by atoms with van der Waals surface area (Å²) in [4.78, 5) is 14.2. The van der Waals surface area contributed by atoms with Gasteiger partial charge >= 0.3 is 5.97 Å². The maximum Gasteiger partial charge on any atom is 0.339 e. The molecule has 0 spiro atoms. The number of hydrogen-bond acceptors (Lipinski definition) is 8. The number of carbonyl (C=O) groups is 1. The number of methoxy groups -OCH3 is 1. The Balaban J connectivity index is 1.64. The van der Waals surface area contributed by atoms with E-state index < -0.39 is 5.97 Å². The first-order chi connectivity index (χ1) is 17.7. The van der Waals surface area contributed by atoms with Crippen molar-refractivity contribution in [3.63, 3.8) is 0 Å². The van der Waals surface area contributed by atoms with E-state index in [2.05, 4.69) is 47.1 Å². The summed E-state index contributed by atoms with van der Waals surface area (Å²) in [6.45, 7) is 10.5. The summed E-state index contributed by atoms with van der Waals surface area (Å²) in [7, 11) is 3.31. The van der Waals surface area contributed by atoms with Crippen molar-refractivity contribution in [2.45, 2.75) is 33.1 Å². The van der Waals surface area contributed by atoms with Crippen molar-refractivity contribution in [2.75, 3.05) is 44.9 Å². The van der Waals surface area contributed by atoms with Crippen molar-refractivity contribution in [2.24, 2.45) is 5.92 Å². The number of carbonyl (C=O) groups excluding carboxylic acids is 1. The van der Waals surface area contributed by atoms with E-state index in [4.69, 9.17) is 15.2 Å². The summed E-state index contributed by atoms with van der Waals surface area (Å²) in [6, 6.07) is 5.82. The van der Waals surface area contributed by atoms with Gasteiger partial charge in [0.25, 0.3) is 0 Å². The number of nitrogens with one attached hydrogen (secondary N) is 2. The topological polar surface area (TPSA) is 92.1 Å². The Bertz CT molecular complexity index is 1120. The van der Waals surface area contributed by atoms with Gasteiger partial charge in [-0.15, -0.1) is 0 Å². The molecule has 0 aliphatic carbocycles. The molecule has 37 heavy (non-hydrogen) atoms. The third-order valence-electron chi connectivity index (χ3n) is 6.24. The Labute approximate surface area is 228 Å². The van der Waals surface area contributed by atoms with Crippen molar-refractivity contribution >= 4 is 33.3 Å². The Hall–Kier alpha value is -3.17. The van der Waals surface area contributed by atoms with Crippen LogP contribution in [0.3, 0.4) is 0 Å². The molecular formula is C28H38BrN5O3. The van der Waals surface area contributed by atoms with Gasteiger partial charge in [0.15, 0.2) is 0 Å². The lowest BCUT2D eigenvalue weighted by Crippen LogP contribution is -2.28. The van der Waals surface area contributed by atoms with Gasteiger partial charge in [-0.25, -0.2) is 10.2 Å². The SMILES string of the molecule is C=C1C(C2=C(OCCCC(C)CNc3cc(Br)ccc3N)N(C)NC2)=CC(C(=O)OC)=CN1/C=C\CC. The highest BCUT2D eigenvalue weighted by Crippen LogP contribution is 2.33. The number of nitrogens with two attached hydrogens (primary N) is 1. The number of ether oxygens (including phenoxy) is 2. The van der Waals surface area contributed by atoms with Crippen LogP contribution in [0.2, 0.25) is 0 Å². The van der Waals surface area contributed by atoms with Crippen LogP contribution in [0.1, 0.15) is 33.1 Å². The van der Waals surface area contributed by atoms with Crippen LogP contribution < -0.4 is 16.5 Å². The molecule has 1 unspecified atom stereocenters. The number of nitrogen functional groups attached to an aromatic ring is 1. The van der Waals surface area contributed by atoms with Crippen LogP contribution in [-0.4, -0.2) is 49.7 Å². The lowest BCUT2D eigenvalue weighted by atomic mass is 9.97. The molecule has 9 heteroatoms. The first kappa shape index (κ1) is 28.4. The molecule has 0 fully saturated rings. The molecule has 0 saturated heterocycles. The molecule has 2 heterocycles. The van der Waals surface area contributed by atoms with E-state index in [-0.39, 0.29) is 0 Å². The standard InChI is InChI=1S/C28H38BrN5O3/c1-6-7-12-34-18-21(28(35)36-5)14-23(20(34)3)24-17-32-33(4)27(24)37-13-8-9-19(2)16-31-26-15-22(29)10-11-25(26)30/h7,10-12,14-15,18-19,31-32H,3,6,8-9,13,16-17,30H2,1-2,4-5H3/b12-7-. The quantitative estimate of drug-likeness (QED) is 0.177. The Morgan fingerprint density at radius 2 is 2.19 bits per heavy atom. The number of hydrazine groups is 1. The Morgan fingerprint density at radius 1 is 1.41 bits per heavy atom. The van der Waals surface area contributed by atoms with E-state index in [1.165, 1.54) is 7.11 Å². The molecule has 1 aromatic carbocycles. The van der Waals surface area contributed by atoms with E-state index in [9.17, 15) is 4.79 Å². The van der Waals surface area contributed by atoms with E-state index in [0.29, 0.717) is 24.6 Å². The molecule has 1 atom stereocenters. The second-order valence-corrected chi connectivity index (χ2v) is 10.1. The minimum Gasteiger partial charge on any atom is -0.478 e. The summed E-state index contributed by atoms with van der Waals surface area (Å²) in [5, 5.41) is 5.32. The number of rotatable bonds is 12. The summed E-state index contributed by atoms with van der Waals surface area (Å²) >= 11 is 3.49. The first-order valence-electron chi connectivity index (χ1n) is 12.5. The largest absolute Gasteiger partial charge is 0.478 e. The van der Waals surface area contributed by atoms with Crippen LogP contribution >= 0.6 is 15.9 Å². The smallest absolute Gasteiger partial charge is 0.339 e. The van der Waals surface area contributed by atoms with Crippen molar-refractivity contribution < 1.29 is 14.3 Å². The Morgan fingerprint density at radius 3 is 2.92 bits per heavy atom. The average Bonchev–Trinajstić information content (AvgIpc) is 3.25. The van der Waals surface area contributed by atoms with E-state index in [0.717, 1.165) is 64.4 Å². The van der Waals surface area contributed by atoms with Gasteiger partial charge in [0.05, 0.1) is 30.7 Å². The number of anilines is 2. The fourth-order valence-electron chi connectivity index (χ4n) is 4.10. The van der Waals surface area contributed by atoms with Crippen molar-refractivity contribution in [1.82, 2.24) is 15.3 Å². The highest BCUT2D eigenvalue weighted by atomic mass is 79.9. The van der Waals surface area contributed by atoms with Crippen LogP contribution in [0, 0.1) is 5.92 Å². The van der Waals surface area contributed by atoms with Gasteiger partial charge in [-0.3, -0.25) is 5.01 Å². The van der Waals surface area contributed by atoms with Crippen molar-refractivity contribution in [3.8, 4) is 0 Å². The van der Waals surface area contributed by atoms with Crippen LogP contribution in [0.4, 0.5) is 11.4 Å². The highest BCUT2D eigenvalue weighted by molar-refractivity contribution is 9.10. The molecule has 2 aliphatic heterocycles. The van der Waals surface area contributed by atoms with Gasteiger partial charge in [-0.2, -0.15) is 0 Å². The molecule has 0 amide bonds. The van der Waals surface area contributed by atoms with Crippen LogP contribution in [-0.2, 0) is 14.3 Å². The summed E-state index contributed by atoms with van der Waals surface area (Å²) in [6.07, 6.45) is 10.3. The molecule has 2 aliphatic rings. The number of hydrogen-bond donors (Lipinski definition) is 3. The zero-order valence-corrected chi connectivity index (χ0v) is 23.7.